The summed E-state index contributed by atoms with van der Waals surface area (Å²) in [5, 5.41) is 2.65. The van der Waals surface area contributed by atoms with Crippen LogP contribution in [0.3, 0.4) is 0 Å². The second kappa shape index (κ2) is 7.10. The maximum absolute atomic E-state index is 14.0. The lowest BCUT2D eigenvalue weighted by Crippen LogP contribution is -2.24. The number of H-pyrrole nitrogens is 1. The number of anilines is 2. The Hall–Kier alpha value is -3.29. The molecule has 3 unspecified atom stereocenters. The van der Waals surface area contributed by atoms with Crippen molar-refractivity contribution in [2.45, 2.75) is 56.8 Å². The Bertz CT molecular complexity index is 1390. The van der Waals surface area contributed by atoms with Crippen molar-refractivity contribution in [3.05, 3.63) is 69.5 Å². The minimum Gasteiger partial charge on any atom is -0.360 e. The van der Waals surface area contributed by atoms with Crippen LogP contribution in [-0.4, -0.2) is 22.5 Å². The zero-order valence-corrected chi connectivity index (χ0v) is 18.6. The maximum atomic E-state index is 14.0. The molecule has 3 fully saturated rings. The fourth-order valence-corrected chi connectivity index (χ4v) is 6.52. The molecule has 1 aromatic heterocycles. The minimum atomic E-state index is -4.65. The number of fused-ring (bicyclic) bond motifs is 1. The molecule has 1 aliphatic heterocycles. The number of aromatic nitrogens is 1. The number of aryl methyl sites for hydroxylation is 1. The maximum Gasteiger partial charge on any atom is 0.418 e. The quantitative estimate of drug-likeness (QED) is 0.491. The lowest BCUT2D eigenvalue weighted by atomic mass is 9.97. The molecule has 2 saturated carbocycles. The number of hydrogen-bond donors (Lipinski definition) is 2. The summed E-state index contributed by atoms with van der Waals surface area (Å²) in [6.45, 7) is 1.82. The highest BCUT2D eigenvalue weighted by atomic mass is 19.4. The molecular weight excluding hydrogens is 443 g/mol. The van der Waals surface area contributed by atoms with E-state index in [1.807, 2.05) is 13.0 Å². The number of pyridine rings is 1. The minimum absolute atomic E-state index is 0.0319. The topological polar surface area (TPSA) is 65.0 Å². The van der Waals surface area contributed by atoms with Crippen LogP contribution in [0.25, 0.3) is 10.9 Å². The van der Waals surface area contributed by atoms with Gasteiger partial charge in [0.25, 0.3) is 5.91 Å². The highest BCUT2D eigenvalue weighted by Gasteiger charge is 2.70. The van der Waals surface area contributed by atoms with Gasteiger partial charge in [0, 0.05) is 22.8 Å². The normalized spacial score (nSPS) is 25.4. The Labute approximate surface area is 194 Å². The number of carbonyl (C=O) groups excluding carboxylic acids is 1. The van der Waals surface area contributed by atoms with E-state index in [1.165, 1.54) is 12.3 Å². The molecular formula is C26H24F3N3O2. The summed E-state index contributed by atoms with van der Waals surface area (Å²) in [5.41, 5.74) is -0.0208. The summed E-state index contributed by atoms with van der Waals surface area (Å²) in [4.78, 5) is 30.8. The van der Waals surface area contributed by atoms with E-state index < -0.39 is 23.1 Å². The standard InChI is InChI=1S/C26H24F3N3O2/c1-14-4-7-20-17(11-14)23(33)18(13-30-20)24(34)31-21-8-6-16(12-19(21)26(27,28)29)32-22-9-5-15-3-2-10-25(15,22)32/h4,6-8,11-13,15,22H,2-3,5,9-10H2,1H3,(H,30,33)(H,31,34). The molecule has 34 heavy (non-hydrogen) atoms. The number of piperidine rings is 1. The molecule has 3 aromatic rings. The van der Waals surface area contributed by atoms with Crippen LogP contribution in [0.15, 0.2) is 47.4 Å². The molecule has 1 spiro atoms. The number of hydrogen-bond acceptors (Lipinski definition) is 3. The van der Waals surface area contributed by atoms with Gasteiger partial charge in [-0.15, -0.1) is 0 Å². The van der Waals surface area contributed by atoms with E-state index in [4.69, 9.17) is 0 Å². The number of nitrogens with one attached hydrogen (secondary N) is 2. The summed E-state index contributed by atoms with van der Waals surface area (Å²) in [5.74, 6) is -0.310. The summed E-state index contributed by atoms with van der Waals surface area (Å²) in [6.07, 6.45) is 2.07. The first-order valence-electron chi connectivity index (χ1n) is 11.6. The Morgan fingerprint density at radius 1 is 1.15 bits per heavy atom. The van der Waals surface area contributed by atoms with E-state index in [0.29, 0.717) is 28.6 Å². The molecule has 0 radical (unpaired) electrons. The second-order valence-electron chi connectivity index (χ2n) is 9.81. The molecule has 3 atom stereocenters. The van der Waals surface area contributed by atoms with E-state index in [0.717, 1.165) is 43.7 Å². The number of nitrogens with zero attached hydrogens (tertiary/aromatic N) is 1. The Morgan fingerprint density at radius 2 is 1.97 bits per heavy atom. The van der Waals surface area contributed by atoms with Crippen LogP contribution < -0.4 is 15.6 Å². The molecule has 1 amide bonds. The Kier molecular flexibility index (Phi) is 4.44. The molecule has 8 heteroatoms. The number of alkyl halides is 3. The van der Waals surface area contributed by atoms with E-state index in [-0.39, 0.29) is 16.8 Å². The molecule has 6 rings (SSSR count). The van der Waals surface area contributed by atoms with Crippen LogP contribution in [0.5, 0.6) is 0 Å². The van der Waals surface area contributed by atoms with Crippen LogP contribution in [0, 0.1) is 12.8 Å². The average Bonchev–Trinajstić information content (AvgIpc) is 3.05. The van der Waals surface area contributed by atoms with Crippen LogP contribution in [0.2, 0.25) is 0 Å². The van der Waals surface area contributed by atoms with Gasteiger partial charge in [0.05, 0.1) is 22.8 Å². The van der Waals surface area contributed by atoms with Crippen molar-refractivity contribution < 1.29 is 18.0 Å². The average molecular weight is 467 g/mol. The van der Waals surface area contributed by atoms with Crippen molar-refractivity contribution in [1.29, 1.82) is 0 Å². The molecule has 0 bridgehead atoms. The highest BCUT2D eigenvalue weighted by molar-refractivity contribution is 6.06. The van der Waals surface area contributed by atoms with Crippen molar-refractivity contribution in [3.63, 3.8) is 0 Å². The summed E-state index contributed by atoms with van der Waals surface area (Å²) < 4.78 is 42.0. The van der Waals surface area contributed by atoms with Crippen molar-refractivity contribution in [1.82, 2.24) is 4.98 Å². The Balaban J connectivity index is 1.34. The molecule has 2 aliphatic carbocycles. The highest BCUT2D eigenvalue weighted by Crippen LogP contribution is 2.65. The molecule has 1 saturated heterocycles. The number of aromatic amines is 1. The first-order chi connectivity index (χ1) is 16.2. The predicted octanol–water partition coefficient (Wildman–Crippen LogP) is 5.63. The molecule has 5 nitrogen and oxygen atoms in total. The number of halogens is 3. The number of rotatable bonds is 3. The molecule has 2 aromatic carbocycles. The lowest BCUT2D eigenvalue weighted by molar-refractivity contribution is -0.136. The zero-order valence-electron chi connectivity index (χ0n) is 18.6. The number of carbonyl (C=O) groups is 1. The fraction of sp³-hybridized carbons (Fsp3) is 0.385. The summed E-state index contributed by atoms with van der Waals surface area (Å²) in [6, 6.07) is 9.63. The van der Waals surface area contributed by atoms with Crippen LogP contribution >= 0.6 is 0 Å². The van der Waals surface area contributed by atoms with Crippen LogP contribution in [0.1, 0.15) is 53.6 Å². The van der Waals surface area contributed by atoms with Crippen LogP contribution in [-0.2, 0) is 6.18 Å². The van der Waals surface area contributed by atoms with Gasteiger partial charge in [0.2, 0.25) is 5.43 Å². The third-order valence-corrected chi connectivity index (χ3v) is 8.01. The van der Waals surface area contributed by atoms with E-state index >= 15 is 0 Å². The van der Waals surface area contributed by atoms with Crippen molar-refractivity contribution in [3.8, 4) is 0 Å². The summed E-state index contributed by atoms with van der Waals surface area (Å²) in [7, 11) is 0. The van der Waals surface area contributed by atoms with Gasteiger partial charge in [0.15, 0.2) is 0 Å². The van der Waals surface area contributed by atoms with Gasteiger partial charge in [0.1, 0.15) is 5.56 Å². The van der Waals surface area contributed by atoms with Crippen molar-refractivity contribution >= 4 is 28.2 Å². The number of amides is 1. The monoisotopic (exact) mass is 467 g/mol. The van der Waals surface area contributed by atoms with Gasteiger partial charge in [-0.1, -0.05) is 18.1 Å². The molecule has 176 valence electrons. The second-order valence-corrected chi connectivity index (χ2v) is 9.81. The van der Waals surface area contributed by atoms with Crippen LogP contribution in [0.4, 0.5) is 24.5 Å². The van der Waals surface area contributed by atoms with Gasteiger partial charge < -0.3 is 15.2 Å². The van der Waals surface area contributed by atoms with Crippen molar-refractivity contribution in [2.24, 2.45) is 5.92 Å². The smallest absolute Gasteiger partial charge is 0.360 e. The van der Waals surface area contributed by atoms with E-state index in [1.54, 1.807) is 18.2 Å². The third kappa shape index (κ3) is 3.00. The lowest BCUT2D eigenvalue weighted by Gasteiger charge is -2.22. The summed E-state index contributed by atoms with van der Waals surface area (Å²) >= 11 is 0. The van der Waals surface area contributed by atoms with E-state index in [9.17, 15) is 22.8 Å². The molecule has 2 heterocycles. The van der Waals surface area contributed by atoms with Gasteiger partial charge in [-0.2, -0.15) is 13.2 Å². The van der Waals surface area contributed by atoms with Crippen molar-refractivity contribution in [2.75, 3.05) is 10.2 Å². The zero-order chi connectivity index (χ0) is 23.8. The predicted molar refractivity (Wildman–Crippen MR) is 124 cm³/mol. The number of benzene rings is 2. The van der Waals surface area contributed by atoms with E-state index in [2.05, 4.69) is 15.2 Å². The first-order valence-corrected chi connectivity index (χ1v) is 11.6. The van der Waals surface area contributed by atoms with Gasteiger partial charge in [-0.3, -0.25) is 9.59 Å². The largest absolute Gasteiger partial charge is 0.418 e. The van der Waals surface area contributed by atoms with Gasteiger partial charge in [-0.25, -0.2) is 0 Å². The molecule has 2 N–H and O–H groups in total. The fourth-order valence-electron chi connectivity index (χ4n) is 6.52. The van der Waals surface area contributed by atoms with Gasteiger partial charge >= 0.3 is 6.18 Å². The van der Waals surface area contributed by atoms with Gasteiger partial charge in [-0.05, 0) is 68.9 Å². The first kappa shape index (κ1) is 21.3. The third-order valence-electron chi connectivity index (χ3n) is 8.01. The Morgan fingerprint density at radius 3 is 2.76 bits per heavy atom. The molecule has 3 aliphatic rings. The SMILES string of the molecule is Cc1ccc2[nH]cc(C(=O)Nc3ccc(N4C5CCC6CCCC654)cc3C(F)(F)F)c(=O)c2c1.